The van der Waals surface area contributed by atoms with Crippen LogP contribution in [0.2, 0.25) is 0 Å². The third kappa shape index (κ3) is 1.99. The highest BCUT2D eigenvalue weighted by Gasteiger charge is 2.68. The molecule has 3 heteroatoms. The maximum Gasteiger partial charge on any atom is 0.0910 e. The van der Waals surface area contributed by atoms with E-state index in [9.17, 15) is 15.3 Å². The largest absolute Gasteiger partial charge is 0.393 e. The summed E-state index contributed by atoms with van der Waals surface area (Å²) in [6, 6.07) is 0. The monoisotopic (exact) mass is 322 g/mol. The van der Waals surface area contributed by atoms with Crippen LogP contribution < -0.4 is 0 Å². The Morgan fingerprint density at radius 3 is 2.48 bits per heavy atom. The summed E-state index contributed by atoms with van der Waals surface area (Å²) in [4.78, 5) is 0. The van der Waals surface area contributed by atoms with Crippen molar-refractivity contribution in [3.8, 4) is 0 Å². The molecular weight excluding hydrogens is 288 g/mol. The van der Waals surface area contributed by atoms with Crippen LogP contribution in [0.4, 0.5) is 0 Å². The van der Waals surface area contributed by atoms with Gasteiger partial charge in [-0.15, -0.1) is 0 Å². The highest BCUT2D eigenvalue weighted by molar-refractivity contribution is 5.18. The van der Waals surface area contributed by atoms with Gasteiger partial charge in [0.25, 0.3) is 0 Å². The summed E-state index contributed by atoms with van der Waals surface area (Å²) in [5.41, 5.74) is -0.456. The lowest BCUT2D eigenvalue weighted by Gasteiger charge is -2.65. The SMILES string of the molecule is CC1(C)CCC[C@]2(C)[C@@H]1C(O)C[C@@]13CC(CC[C@H]12)[C@@](O)(CO)C3. The minimum Gasteiger partial charge on any atom is -0.393 e. The van der Waals surface area contributed by atoms with Crippen molar-refractivity contribution in [3.05, 3.63) is 0 Å². The number of aliphatic hydroxyl groups excluding tert-OH is 2. The Balaban J connectivity index is 1.76. The highest BCUT2D eigenvalue weighted by atomic mass is 16.3. The molecule has 0 aromatic rings. The Morgan fingerprint density at radius 2 is 1.78 bits per heavy atom. The van der Waals surface area contributed by atoms with Gasteiger partial charge in [0.05, 0.1) is 18.3 Å². The molecule has 0 radical (unpaired) electrons. The van der Waals surface area contributed by atoms with Crippen molar-refractivity contribution in [2.75, 3.05) is 6.61 Å². The lowest BCUT2D eigenvalue weighted by Crippen LogP contribution is -2.61. The zero-order chi connectivity index (χ0) is 16.7. The van der Waals surface area contributed by atoms with Gasteiger partial charge in [-0.25, -0.2) is 0 Å². The maximum atomic E-state index is 11.2. The van der Waals surface area contributed by atoms with Crippen LogP contribution in [-0.4, -0.2) is 33.6 Å². The molecule has 4 rings (SSSR count). The first-order valence-corrected chi connectivity index (χ1v) is 9.68. The fourth-order valence-electron chi connectivity index (χ4n) is 8.34. The van der Waals surface area contributed by atoms with E-state index in [1.807, 2.05) is 0 Å². The summed E-state index contributed by atoms with van der Waals surface area (Å²) < 4.78 is 0. The quantitative estimate of drug-likeness (QED) is 0.695. The predicted molar refractivity (Wildman–Crippen MR) is 89.8 cm³/mol. The second-order valence-corrected chi connectivity index (χ2v) is 10.4. The van der Waals surface area contributed by atoms with E-state index < -0.39 is 5.60 Å². The van der Waals surface area contributed by atoms with E-state index in [0.29, 0.717) is 18.3 Å². The van der Waals surface area contributed by atoms with Crippen molar-refractivity contribution in [1.29, 1.82) is 0 Å². The molecular formula is C20H34O3. The van der Waals surface area contributed by atoms with Gasteiger partial charge in [0.15, 0.2) is 0 Å². The van der Waals surface area contributed by atoms with E-state index in [1.165, 1.54) is 25.7 Å². The number of hydrogen-bond donors (Lipinski definition) is 3. The standard InChI is InChI=1S/C20H34O3/c1-17(2)7-4-8-18(3)15-6-5-13-9-19(15,10-14(22)16(17)18)11-20(13,23)12-21/h13-16,21-23H,4-12H2,1-3H3/t13?,14?,15-,16+,18-,19+,20-/m0/s1. The van der Waals surface area contributed by atoms with Crippen molar-refractivity contribution in [2.24, 2.45) is 34.0 Å². The zero-order valence-electron chi connectivity index (χ0n) is 15.0. The smallest absolute Gasteiger partial charge is 0.0910 e. The van der Waals surface area contributed by atoms with Crippen LogP contribution in [0.5, 0.6) is 0 Å². The van der Waals surface area contributed by atoms with Gasteiger partial charge < -0.3 is 15.3 Å². The first kappa shape index (κ1) is 16.4. The molecule has 4 fully saturated rings. The summed E-state index contributed by atoms with van der Waals surface area (Å²) in [5, 5.41) is 31.9. The van der Waals surface area contributed by atoms with Crippen LogP contribution >= 0.6 is 0 Å². The Hall–Kier alpha value is -0.120. The van der Waals surface area contributed by atoms with Crippen LogP contribution in [0, 0.1) is 34.0 Å². The molecule has 23 heavy (non-hydrogen) atoms. The van der Waals surface area contributed by atoms with E-state index in [-0.39, 0.29) is 34.9 Å². The van der Waals surface area contributed by atoms with Gasteiger partial charge >= 0.3 is 0 Å². The van der Waals surface area contributed by atoms with Gasteiger partial charge in [-0.05, 0) is 78.9 Å². The Labute approximate surface area is 140 Å². The summed E-state index contributed by atoms with van der Waals surface area (Å²) in [6.45, 7) is 7.01. The van der Waals surface area contributed by atoms with Crippen LogP contribution in [-0.2, 0) is 0 Å². The molecule has 1 spiro atoms. The van der Waals surface area contributed by atoms with Crippen molar-refractivity contribution in [1.82, 2.24) is 0 Å². The number of fused-ring (bicyclic) bond motifs is 3. The molecule has 3 N–H and O–H groups in total. The Kier molecular flexibility index (Phi) is 3.37. The fraction of sp³-hybridized carbons (Fsp3) is 1.00. The van der Waals surface area contributed by atoms with Crippen molar-refractivity contribution in [2.45, 2.75) is 83.8 Å². The summed E-state index contributed by atoms with van der Waals surface area (Å²) in [6.07, 6.45) is 8.18. The molecule has 0 heterocycles. The molecule has 0 saturated heterocycles. The molecule has 132 valence electrons. The molecule has 2 bridgehead atoms. The zero-order valence-corrected chi connectivity index (χ0v) is 15.0. The average Bonchev–Trinajstić information content (AvgIpc) is 2.64. The molecule has 3 nitrogen and oxygen atoms in total. The van der Waals surface area contributed by atoms with Crippen molar-refractivity contribution >= 4 is 0 Å². The van der Waals surface area contributed by atoms with Gasteiger partial charge in [0.1, 0.15) is 0 Å². The number of aliphatic hydroxyl groups is 3. The summed E-state index contributed by atoms with van der Waals surface area (Å²) in [5.74, 6) is 1.20. The van der Waals surface area contributed by atoms with Crippen molar-refractivity contribution in [3.63, 3.8) is 0 Å². The number of rotatable bonds is 1. The maximum absolute atomic E-state index is 11.2. The molecule has 4 aliphatic carbocycles. The van der Waals surface area contributed by atoms with E-state index in [0.717, 1.165) is 19.3 Å². The summed E-state index contributed by atoms with van der Waals surface area (Å²) >= 11 is 0. The van der Waals surface area contributed by atoms with Crippen LogP contribution in [0.3, 0.4) is 0 Å². The molecule has 0 aromatic heterocycles. The van der Waals surface area contributed by atoms with E-state index in [2.05, 4.69) is 20.8 Å². The minimum atomic E-state index is -0.901. The minimum absolute atomic E-state index is 0.0541. The van der Waals surface area contributed by atoms with E-state index >= 15 is 0 Å². The second-order valence-electron chi connectivity index (χ2n) is 10.4. The first-order valence-electron chi connectivity index (χ1n) is 9.68. The van der Waals surface area contributed by atoms with Crippen LogP contribution in [0.15, 0.2) is 0 Å². The summed E-state index contributed by atoms with van der Waals surface area (Å²) in [7, 11) is 0. The molecule has 2 unspecified atom stereocenters. The van der Waals surface area contributed by atoms with Gasteiger partial charge in [-0.2, -0.15) is 0 Å². The van der Waals surface area contributed by atoms with E-state index in [1.54, 1.807) is 0 Å². The van der Waals surface area contributed by atoms with Crippen LogP contribution in [0.1, 0.15) is 72.1 Å². The Bertz CT molecular complexity index is 503. The van der Waals surface area contributed by atoms with Gasteiger partial charge in [-0.3, -0.25) is 0 Å². The molecule has 0 aromatic carbocycles. The second kappa shape index (κ2) is 4.74. The average molecular weight is 322 g/mol. The molecule has 0 amide bonds. The van der Waals surface area contributed by atoms with E-state index in [4.69, 9.17) is 0 Å². The van der Waals surface area contributed by atoms with Gasteiger partial charge in [-0.1, -0.05) is 27.2 Å². The highest BCUT2D eigenvalue weighted by Crippen LogP contribution is 2.72. The topological polar surface area (TPSA) is 60.7 Å². The third-order valence-electron chi connectivity index (χ3n) is 8.77. The Morgan fingerprint density at radius 1 is 1.04 bits per heavy atom. The molecule has 7 atom stereocenters. The fourth-order valence-corrected chi connectivity index (χ4v) is 8.34. The first-order chi connectivity index (χ1) is 10.7. The van der Waals surface area contributed by atoms with Crippen molar-refractivity contribution < 1.29 is 15.3 Å². The normalized spacial score (nSPS) is 57.7. The van der Waals surface area contributed by atoms with Gasteiger partial charge in [0, 0.05) is 0 Å². The number of hydrogen-bond acceptors (Lipinski definition) is 3. The lowest BCUT2D eigenvalue weighted by atomic mass is 9.40. The predicted octanol–water partition coefficient (Wildman–Crippen LogP) is 3.11. The van der Waals surface area contributed by atoms with Crippen LogP contribution in [0.25, 0.3) is 0 Å². The lowest BCUT2D eigenvalue weighted by molar-refractivity contribution is -0.198. The molecule has 0 aliphatic heterocycles. The molecule has 4 saturated carbocycles. The van der Waals surface area contributed by atoms with Gasteiger partial charge in [0.2, 0.25) is 0 Å². The molecule has 4 aliphatic rings. The third-order valence-corrected chi connectivity index (χ3v) is 8.77.